The second kappa shape index (κ2) is 7.53. The third-order valence-corrected chi connectivity index (χ3v) is 4.69. The Hall–Kier alpha value is -2.60. The van der Waals surface area contributed by atoms with Crippen molar-refractivity contribution in [1.82, 2.24) is 15.1 Å². The molecule has 132 valence electrons. The van der Waals surface area contributed by atoms with Gasteiger partial charge in [0.1, 0.15) is 6.04 Å². The van der Waals surface area contributed by atoms with Crippen molar-refractivity contribution in [2.24, 2.45) is 5.73 Å². The summed E-state index contributed by atoms with van der Waals surface area (Å²) in [6.07, 6.45) is 0. The number of carbonyl (C=O) groups is 2. The molecular weight excluding hydrogens is 316 g/mol. The molecule has 3 N–H and O–H groups in total. The molecule has 2 aromatic rings. The minimum atomic E-state index is -0.671. The van der Waals surface area contributed by atoms with Crippen LogP contribution in [0.1, 0.15) is 12.5 Å². The maximum absolute atomic E-state index is 12.3. The fraction of sp³-hybridized carbons (Fsp3) is 0.368. The molecule has 0 aliphatic carbocycles. The standard InChI is InChI=1S/C19H24N4O2/c1-14(21-19(20)25)18(24)23-11-9-22(10-12-23)13-16-7-4-6-15-5-2-3-8-17(15)16/h2-8,14H,9-13H2,1H3,(H3,20,21,25)/t14-/m0/s1. The van der Waals surface area contributed by atoms with Crippen LogP contribution < -0.4 is 11.1 Å². The smallest absolute Gasteiger partial charge is 0.312 e. The molecule has 0 aromatic heterocycles. The topological polar surface area (TPSA) is 78.7 Å². The predicted molar refractivity (Wildman–Crippen MR) is 98.0 cm³/mol. The third-order valence-electron chi connectivity index (χ3n) is 4.69. The molecule has 3 amide bonds. The van der Waals surface area contributed by atoms with E-state index in [0.717, 1.165) is 19.6 Å². The van der Waals surface area contributed by atoms with Gasteiger partial charge in [0.2, 0.25) is 5.91 Å². The van der Waals surface area contributed by atoms with Gasteiger partial charge in [-0.25, -0.2) is 4.79 Å². The molecule has 0 unspecified atom stereocenters. The number of nitrogens with zero attached hydrogens (tertiary/aromatic N) is 2. The van der Waals surface area contributed by atoms with E-state index in [0.29, 0.717) is 13.1 Å². The largest absolute Gasteiger partial charge is 0.352 e. The van der Waals surface area contributed by atoms with Crippen molar-refractivity contribution in [3.8, 4) is 0 Å². The highest BCUT2D eigenvalue weighted by atomic mass is 16.2. The van der Waals surface area contributed by atoms with Crippen LogP contribution in [0.5, 0.6) is 0 Å². The minimum Gasteiger partial charge on any atom is -0.352 e. The molecule has 1 aliphatic heterocycles. The first-order valence-corrected chi connectivity index (χ1v) is 8.58. The summed E-state index contributed by atoms with van der Waals surface area (Å²) in [5.74, 6) is -0.0800. The van der Waals surface area contributed by atoms with Gasteiger partial charge < -0.3 is 16.0 Å². The van der Waals surface area contributed by atoms with Crippen molar-refractivity contribution in [1.29, 1.82) is 0 Å². The van der Waals surface area contributed by atoms with E-state index in [1.807, 2.05) is 0 Å². The summed E-state index contributed by atoms with van der Waals surface area (Å²) < 4.78 is 0. The van der Waals surface area contributed by atoms with E-state index in [9.17, 15) is 9.59 Å². The van der Waals surface area contributed by atoms with Crippen LogP contribution in [-0.2, 0) is 11.3 Å². The van der Waals surface area contributed by atoms with Gasteiger partial charge in [0.15, 0.2) is 0 Å². The zero-order chi connectivity index (χ0) is 17.8. The summed E-state index contributed by atoms with van der Waals surface area (Å²) in [5, 5.41) is 4.98. The fourth-order valence-corrected chi connectivity index (χ4v) is 3.35. The minimum absolute atomic E-state index is 0.0800. The quantitative estimate of drug-likeness (QED) is 0.886. The van der Waals surface area contributed by atoms with Crippen LogP contribution in [0.25, 0.3) is 10.8 Å². The Morgan fingerprint density at radius 1 is 1.08 bits per heavy atom. The lowest BCUT2D eigenvalue weighted by molar-refractivity contribution is -0.134. The van der Waals surface area contributed by atoms with Gasteiger partial charge in [-0.1, -0.05) is 42.5 Å². The normalized spacial score (nSPS) is 16.6. The van der Waals surface area contributed by atoms with Crippen LogP contribution in [0.3, 0.4) is 0 Å². The number of hydrogen-bond donors (Lipinski definition) is 2. The van der Waals surface area contributed by atoms with Crippen LogP contribution in [0, 0.1) is 0 Å². The fourth-order valence-electron chi connectivity index (χ4n) is 3.35. The first-order valence-electron chi connectivity index (χ1n) is 8.58. The van der Waals surface area contributed by atoms with Gasteiger partial charge in [0.25, 0.3) is 0 Å². The summed E-state index contributed by atoms with van der Waals surface area (Å²) in [6, 6.07) is 13.5. The second-order valence-electron chi connectivity index (χ2n) is 6.47. The maximum atomic E-state index is 12.3. The Kier molecular flexibility index (Phi) is 5.19. The molecule has 0 bridgehead atoms. The number of urea groups is 1. The predicted octanol–water partition coefficient (Wildman–Crippen LogP) is 1.54. The lowest BCUT2D eigenvalue weighted by Gasteiger charge is -2.36. The van der Waals surface area contributed by atoms with E-state index >= 15 is 0 Å². The summed E-state index contributed by atoms with van der Waals surface area (Å²) >= 11 is 0. The van der Waals surface area contributed by atoms with Gasteiger partial charge in [0, 0.05) is 32.7 Å². The van der Waals surface area contributed by atoms with Crippen LogP contribution in [0.2, 0.25) is 0 Å². The molecule has 1 atom stereocenters. The summed E-state index contributed by atoms with van der Waals surface area (Å²) in [6.45, 7) is 5.49. The molecule has 2 aromatic carbocycles. The van der Waals surface area contributed by atoms with Crippen LogP contribution in [0.15, 0.2) is 42.5 Å². The SMILES string of the molecule is C[C@H](NC(N)=O)C(=O)N1CCN(Cc2cccc3ccccc23)CC1. The molecule has 3 rings (SSSR count). The van der Waals surface area contributed by atoms with Crippen LogP contribution >= 0.6 is 0 Å². The Labute approximate surface area is 147 Å². The number of nitrogens with two attached hydrogens (primary N) is 1. The van der Waals surface area contributed by atoms with Gasteiger partial charge in [-0.2, -0.15) is 0 Å². The highest BCUT2D eigenvalue weighted by Gasteiger charge is 2.25. The highest BCUT2D eigenvalue weighted by Crippen LogP contribution is 2.20. The number of carbonyl (C=O) groups excluding carboxylic acids is 2. The number of fused-ring (bicyclic) bond motifs is 1. The number of nitrogens with one attached hydrogen (secondary N) is 1. The van der Waals surface area contributed by atoms with Gasteiger partial charge in [-0.05, 0) is 23.3 Å². The first kappa shape index (κ1) is 17.2. The molecule has 1 fully saturated rings. The Morgan fingerprint density at radius 2 is 1.76 bits per heavy atom. The van der Waals surface area contributed by atoms with Crippen molar-refractivity contribution >= 4 is 22.7 Å². The lowest BCUT2D eigenvalue weighted by atomic mass is 10.0. The average molecular weight is 340 g/mol. The third kappa shape index (κ3) is 4.09. The molecule has 0 saturated carbocycles. The number of piperazine rings is 1. The molecule has 6 heteroatoms. The molecular formula is C19H24N4O2. The van der Waals surface area contributed by atoms with Crippen molar-refractivity contribution in [3.05, 3.63) is 48.0 Å². The highest BCUT2D eigenvalue weighted by molar-refractivity contribution is 5.86. The molecule has 0 radical (unpaired) electrons. The van der Waals surface area contributed by atoms with E-state index < -0.39 is 12.1 Å². The molecule has 1 saturated heterocycles. The lowest BCUT2D eigenvalue weighted by Crippen LogP contribution is -2.54. The zero-order valence-electron chi connectivity index (χ0n) is 14.4. The number of hydrogen-bond acceptors (Lipinski definition) is 3. The van der Waals surface area contributed by atoms with Gasteiger partial charge >= 0.3 is 6.03 Å². The molecule has 0 spiro atoms. The second-order valence-corrected chi connectivity index (χ2v) is 6.47. The Balaban J connectivity index is 1.59. The van der Waals surface area contributed by atoms with Gasteiger partial charge in [0.05, 0.1) is 0 Å². The van der Waals surface area contributed by atoms with E-state index in [1.165, 1.54) is 16.3 Å². The van der Waals surface area contributed by atoms with Crippen LogP contribution in [0.4, 0.5) is 4.79 Å². The first-order chi connectivity index (χ1) is 12.0. The molecule has 25 heavy (non-hydrogen) atoms. The van der Waals surface area contributed by atoms with Crippen molar-refractivity contribution in [2.75, 3.05) is 26.2 Å². The summed E-state index contributed by atoms with van der Waals surface area (Å²) in [5.41, 5.74) is 6.39. The number of amides is 3. The maximum Gasteiger partial charge on any atom is 0.312 e. The average Bonchev–Trinajstić information content (AvgIpc) is 2.61. The van der Waals surface area contributed by atoms with Crippen molar-refractivity contribution < 1.29 is 9.59 Å². The summed E-state index contributed by atoms with van der Waals surface area (Å²) in [7, 11) is 0. The monoisotopic (exact) mass is 340 g/mol. The Morgan fingerprint density at radius 3 is 2.48 bits per heavy atom. The number of benzene rings is 2. The van der Waals surface area contributed by atoms with E-state index in [4.69, 9.17) is 5.73 Å². The van der Waals surface area contributed by atoms with Crippen molar-refractivity contribution in [2.45, 2.75) is 19.5 Å². The molecule has 1 heterocycles. The molecule has 1 aliphatic rings. The van der Waals surface area contributed by atoms with Gasteiger partial charge in [-0.3, -0.25) is 9.69 Å². The van der Waals surface area contributed by atoms with Crippen molar-refractivity contribution in [3.63, 3.8) is 0 Å². The van der Waals surface area contributed by atoms with Crippen LogP contribution in [-0.4, -0.2) is 54.0 Å². The van der Waals surface area contributed by atoms with E-state index in [-0.39, 0.29) is 5.91 Å². The molecule has 6 nitrogen and oxygen atoms in total. The number of rotatable bonds is 4. The number of primary amides is 1. The van der Waals surface area contributed by atoms with E-state index in [1.54, 1.807) is 11.8 Å². The van der Waals surface area contributed by atoms with Gasteiger partial charge in [-0.15, -0.1) is 0 Å². The summed E-state index contributed by atoms with van der Waals surface area (Å²) in [4.78, 5) is 27.4. The zero-order valence-corrected chi connectivity index (χ0v) is 14.4. The Bertz CT molecular complexity index is 764. The van der Waals surface area contributed by atoms with E-state index in [2.05, 4.69) is 52.7 Å².